The molecule has 220 valence electrons. The van der Waals surface area contributed by atoms with Crippen LogP contribution in [0.5, 0.6) is 0 Å². The summed E-state index contributed by atoms with van der Waals surface area (Å²) in [6.45, 7) is 4.35. The number of rotatable bonds is 4. The topological polar surface area (TPSA) is 21.1 Å². The van der Waals surface area contributed by atoms with Gasteiger partial charge in [0, 0.05) is 57.3 Å². The fourth-order valence-corrected chi connectivity index (χ4v) is 7.56. The molecule has 0 radical (unpaired) electrons. The Bertz CT molecular complexity index is 2370. The molecule has 9 rings (SSSR count). The predicted octanol–water partition coefficient (Wildman–Crippen LogP) is 10.9. The Morgan fingerprint density at radius 2 is 1.30 bits per heavy atom. The van der Waals surface area contributed by atoms with Gasteiger partial charge in [-0.2, -0.15) is 0 Å². The molecule has 1 aliphatic heterocycles. The molecule has 7 aromatic rings. The van der Waals surface area contributed by atoms with E-state index in [4.69, 9.17) is 4.98 Å². The smallest absolute Gasteiger partial charge is 0.0632 e. The second-order valence-corrected chi connectivity index (χ2v) is 12.7. The van der Waals surface area contributed by atoms with Crippen molar-refractivity contribution in [3.05, 3.63) is 169 Å². The summed E-state index contributed by atoms with van der Waals surface area (Å²) in [6.07, 6.45) is 11.0. The molecule has 2 aliphatic rings. The van der Waals surface area contributed by atoms with Gasteiger partial charge in [0.25, 0.3) is 0 Å². The van der Waals surface area contributed by atoms with Crippen molar-refractivity contribution in [3.63, 3.8) is 0 Å². The van der Waals surface area contributed by atoms with Gasteiger partial charge in [0.15, 0.2) is 0 Å². The summed E-state index contributed by atoms with van der Waals surface area (Å²) >= 11 is 0. The third kappa shape index (κ3) is 4.23. The minimum atomic E-state index is 0.273. The molecule has 0 amide bonds. The van der Waals surface area contributed by atoms with Gasteiger partial charge in [-0.3, -0.25) is 4.98 Å². The Morgan fingerprint density at radius 3 is 2.15 bits per heavy atom. The van der Waals surface area contributed by atoms with Crippen LogP contribution in [0.4, 0.5) is 11.4 Å². The van der Waals surface area contributed by atoms with Crippen molar-refractivity contribution in [2.24, 2.45) is 0 Å². The molecular weight excluding hydrogens is 558 g/mol. The average molecular weight is 592 g/mol. The second-order valence-electron chi connectivity index (χ2n) is 12.7. The van der Waals surface area contributed by atoms with Crippen LogP contribution < -0.4 is 4.90 Å². The number of benzene rings is 5. The van der Waals surface area contributed by atoms with Crippen molar-refractivity contribution >= 4 is 33.2 Å². The van der Waals surface area contributed by atoms with E-state index in [1.807, 2.05) is 12.4 Å². The van der Waals surface area contributed by atoms with E-state index in [1.165, 1.54) is 49.9 Å². The van der Waals surface area contributed by atoms with Gasteiger partial charge in [-0.05, 0) is 84.6 Å². The number of fused-ring (bicyclic) bond motifs is 6. The van der Waals surface area contributed by atoms with E-state index in [1.54, 1.807) is 0 Å². The molecule has 0 saturated heterocycles. The quantitative estimate of drug-likeness (QED) is 0.203. The summed E-state index contributed by atoms with van der Waals surface area (Å²) in [5, 5.41) is 2.55. The van der Waals surface area contributed by atoms with Gasteiger partial charge in [-0.25, -0.2) is 0 Å². The first-order valence-corrected chi connectivity index (χ1v) is 16.0. The molecule has 2 atom stereocenters. The van der Waals surface area contributed by atoms with E-state index >= 15 is 0 Å². The Balaban J connectivity index is 1.11. The standard InChI is InChI=1S/C43H33N3/c1-28-17-19-38-36-13-3-5-15-40(36)45(42(38)21-28)34-11-7-9-30(24-34)32-23-33(27-44-26-32)31-10-8-12-35(25-31)46-41-16-6-4-14-37(41)39-20-18-29(2)22-43(39)46/h3-27,38,42H,1-2H3. The third-order valence-electron chi connectivity index (χ3n) is 9.68. The lowest BCUT2D eigenvalue weighted by atomic mass is 9.89. The number of hydrogen-bond donors (Lipinski definition) is 0. The van der Waals surface area contributed by atoms with Crippen LogP contribution in [0.25, 0.3) is 49.7 Å². The fourth-order valence-electron chi connectivity index (χ4n) is 7.56. The first-order chi connectivity index (χ1) is 22.6. The van der Waals surface area contributed by atoms with E-state index in [-0.39, 0.29) is 6.04 Å². The maximum atomic E-state index is 4.74. The Labute approximate surface area is 269 Å². The van der Waals surface area contributed by atoms with Crippen LogP contribution in [0.2, 0.25) is 0 Å². The number of hydrogen-bond acceptors (Lipinski definition) is 2. The monoisotopic (exact) mass is 591 g/mol. The maximum Gasteiger partial charge on any atom is 0.0632 e. The first-order valence-electron chi connectivity index (χ1n) is 16.0. The zero-order valence-corrected chi connectivity index (χ0v) is 25.9. The summed E-state index contributed by atoms with van der Waals surface area (Å²) < 4.78 is 2.39. The number of para-hydroxylation sites is 2. The van der Waals surface area contributed by atoms with Crippen molar-refractivity contribution in [2.45, 2.75) is 25.8 Å². The Morgan fingerprint density at radius 1 is 0.587 bits per heavy atom. The molecular formula is C43H33N3. The highest BCUT2D eigenvalue weighted by Crippen LogP contribution is 2.48. The SMILES string of the molecule is CC1=CC2C(C=C1)c1ccccc1N2c1cccc(-c2cncc(-c3cccc(-n4c5ccccc5c5ccc(C)cc54)c3)c2)c1. The zero-order chi connectivity index (χ0) is 30.8. The molecule has 3 heterocycles. The van der Waals surface area contributed by atoms with Gasteiger partial charge in [0.1, 0.15) is 0 Å². The first kappa shape index (κ1) is 26.7. The van der Waals surface area contributed by atoms with Crippen LogP contribution >= 0.6 is 0 Å². The molecule has 0 fully saturated rings. The molecule has 0 saturated carbocycles. The van der Waals surface area contributed by atoms with E-state index in [9.17, 15) is 0 Å². The number of pyridine rings is 1. The highest BCUT2D eigenvalue weighted by molar-refractivity contribution is 6.09. The second kappa shape index (κ2) is 10.5. The molecule has 2 unspecified atom stereocenters. The van der Waals surface area contributed by atoms with Crippen LogP contribution in [0.3, 0.4) is 0 Å². The van der Waals surface area contributed by atoms with Gasteiger partial charge >= 0.3 is 0 Å². The molecule has 0 N–H and O–H groups in total. The molecule has 2 aromatic heterocycles. The Kier molecular flexibility index (Phi) is 6.07. The van der Waals surface area contributed by atoms with Crippen molar-refractivity contribution in [1.29, 1.82) is 0 Å². The van der Waals surface area contributed by atoms with E-state index in [0.717, 1.165) is 27.9 Å². The van der Waals surface area contributed by atoms with Gasteiger partial charge in [0.2, 0.25) is 0 Å². The summed E-state index contributed by atoms with van der Waals surface area (Å²) in [6, 6.07) is 44.6. The number of anilines is 2. The summed E-state index contributed by atoms with van der Waals surface area (Å²) in [7, 11) is 0. The average Bonchev–Trinajstić information content (AvgIpc) is 3.60. The van der Waals surface area contributed by atoms with Crippen molar-refractivity contribution in [1.82, 2.24) is 9.55 Å². The van der Waals surface area contributed by atoms with Crippen molar-refractivity contribution in [2.75, 3.05) is 4.90 Å². The number of aromatic nitrogens is 2. The Hall–Kier alpha value is -5.67. The zero-order valence-electron chi connectivity index (χ0n) is 25.9. The van der Waals surface area contributed by atoms with Gasteiger partial charge in [-0.1, -0.05) is 96.6 Å². The lowest BCUT2D eigenvalue weighted by molar-refractivity contribution is 0.738. The molecule has 3 nitrogen and oxygen atoms in total. The molecule has 46 heavy (non-hydrogen) atoms. The van der Waals surface area contributed by atoms with Crippen LogP contribution in [0.15, 0.2) is 158 Å². The van der Waals surface area contributed by atoms with Crippen LogP contribution in [0.1, 0.15) is 24.0 Å². The van der Waals surface area contributed by atoms with Crippen LogP contribution in [-0.2, 0) is 0 Å². The number of allylic oxidation sites excluding steroid dienone is 2. The molecule has 5 aromatic carbocycles. The van der Waals surface area contributed by atoms with E-state index in [0.29, 0.717) is 5.92 Å². The highest BCUT2D eigenvalue weighted by atomic mass is 15.2. The van der Waals surface area contributed by atoms with Crippen molar-refractivity contribution in [3.8, 4) is 27.9 Å². The minimum absolute atomic E-state index is 0.273. The number of aryl methyl sites for hydroxylation is 1. The van der Waals surface area contributed by atoms with E-state index < -0.39 is 0 Å². The highest BCUT2D eigenvalue weighted by Gasteiger charge is 2.37. The fraction of sp³-hybridized carbons (Fsp3) is 0.0930. The van der Waals surface area contributed by atoms with Crippen molar-refractivity contribution < 1.29 is 0 Å². The molecule has 1 aliphatic carbocycles. The molecule has 3 heteroatoms. The summed E-state index contributed by atoms with van der Waals surface area (Å²) in [4.78, 5) is 7.25. The van der Waals surface area contributed by atoms with Gasteiger partial charge in [-0.15, -0.1) is 0 Å². The lowest BCUT2D eigenvalue weighted by Crippen LogP contribution is -2.29. The lowest BCUT2D eigenvalue weighted by Gasteiger charge is -2.30. The minimum Gasteiger partial charge on any atom is -0.333 e. The number of nitrogens with zero attached hydrogens (tertiary/aromatic N) is 3. The maximum absolute atomic E-state index is 4.74. The van der Waals surface area contributed by atoms with E-state index in [2.05, 4.69) is 163 Å². The van der Waals surface area contributed by atoms with Gasteiger partial charge < -0.3 is 9.47 Å². The summed E-state index contributed by atoms with van der Waals surface area (Å²) in [5.74, 6) is 0.360. The molecule has 0 bridgehead atoms. The normalized spacial score (nSPS) is 16.9. The third-order valence-corrected chi connectivity index (χ3v) is 9.68. The van der Waals surface area contributed by atoms with Gasteiger partial charge in [0.05, 0.1) is 17.1 Å². The predicted molar refractivity (Wildman–Crippen MR) is 192 cm³/mol. The molecule has 0 spiro atoms. The van der Waals surface area contributed by atoms with Crippen LogP contribution in [-0.4, -0.2) is 15.6 Å². The van der Waals surface area contributed by atoms with Crippen LogP contribution in [0, 0.1) is 6.92 Å². The largest absolute Gasteiger partial charge is 0.333 e. The summed E-state index contributed by atoms with van der Waals surface area (Å²) in [5.41, 5.74) is 14.5.